The molecule has 0 saturated carbocycles. The summed E-state index contributed by atoms with van der Waals surface area (Å²) in [6.07, 6.45) is -0.415. The average Bonchev–Trinajstić information content (AvgIpc) is 2.88. The molecule has 0 radical (unpaired) electrons. The first-order valence-electron chi connectivity index (χ1n) is 6.59. The minimum atomic E-state index is -0.415. The Morgan fingerprint density at radius 3 is 2.60 bits per heavy atom. The van der Waals surface area contributed by atoms with Crippen molar-refractivity contribution in [3.8, 4) is 0 Å². The van der Waals surface area contributed by atoms with E-state index in [1.54, 1.807) is 18.3 Å². The fraction of sp³-hybridized carbons (Fsp3) is 0.188. The summed E-state index contributed by atoms with van der Waals surface area (Å²) in [7, 11) is 0. The molecule has 0 aliphatic rings. The maximum absolute atomic E-state index is 9.48. The third-order valence-corrected chi connectivity index (χ3v) is 4.19. The van der Waals surface area contributed by atoms with Gasteiger partial charge in [0.05, 0.1) is 16.3 Å². The van der Waals surface area contributed by atoms with Crippen molar-refractivity contribution >= 4 is 26.7 Å². The highest BCUT2D eigenvalue weighted by Gasteiger charge is 2.03. The van der Waals surface area contributed by atoms with E-state index in [0.29, 0.717) is 0 Å². The van der Waals surface area contributed by atoms with Gasteiger partial charge in [0.15, 0.2) is 5.13 Å². The summed E-state index contributed by atoms with van der Waals surface area (Å²) in [5, 5.41) is 13.8. The Morgan fingerprint density at radius 1 is 1.15 bits per heavy atom. The summed E-state index contributed by atoms with van der Waals surface area (Å²) in [5.41, 5.74) is 3.15. The molecule has 0 bridgehead atoms. The van der Waals surface area contributed by atoms with Gasteiger partial charge in [-0.1, -0.05) is 47.7 Å². The molecule has 0 fully saturated rings. The van der Waals surface area contributed by atoms with Crippen LogP contribution >= 0.6 is 11.3 Å². The summed E-state index contributed by atoms with van der Waals surface area (Å²) in [4.78, 5) is 4.54. The molecule has 3 rings (SSSR count). The largest absolute Gasteiger partial charge is 0.389 e. The number of hydrogen-bond acceptors (Lipinski definition) is 4. The Morgan fingerprint density at radius 2 is 1.90 bits per heavy atom. The molecule has 1 atom stereocenters. The zero-order chi connectivity index (χ0) is 13.9. The number of hydrogen-bond donors (Lipinski definition) is 2. The number of aromatic nitrogens is 1. The van der Waals surface area contributed by atoms with Crippen LogP contribution in [0.25, 0.3) is 10.2 Å². The van der Waals surface area contributed by atoms with E-state index in [1.807, 2.05) is 42.5 Å². The SMILES string of the molecule is CC(O)c1ccc(CNc2nc3ccccc3s2)cc1. The van der Waals surface area contributed by atoms with Crippen LogP contribution in [0.5, 0.6) is 0 Å². The van der Waals surface area contributed by atoms with Gasteiger partial charge in [-0.3, -0.25) is 0 Å². The molecule has 102 valence electrons. The molecular weight excluding hydrogens is 268 g/mol. The van der Waals surface area contributed by atoms with Gasteiger partial charge in [0.25, 0.3) is 0 Å². The van der Waals surface area contributed by atoms with Crippen molar-refractivity contribution in [1.82, 2.24) is 4.98 Å². The number of fused-ring (bicyclic) bond motifs is 1. The van der Waals surface area contributed by atoms with E-state index >= 15 is 0 Å². The Bertz CT molecular complexity index is 671. The molecule has 4 heteroatoms. The molecule has 2 N–H and O–H groups in total. The van der Waals surface area contributed by atoms with Crippen LogP contribution in [-0.4, -0.2) is 10.1 Å². The van der Waals surface area contributed by atoms with Crippen molar-refractivity contribution in [3.63, 3.8) is 0 Å². The highest BCUT2D eigenvalue weighted by Crippen LogP contribution is 2.25. The predicted molar refractivity (Wildman–Crippen MR) is 84.0 cm³/mol. The molecule has 1 heterocycles. The van der Waals surface area contributed by atoms with Crippen LogP contribution in [0.4, 0.5) is 5.13 Å². The number of aliphatic hydroxyl groups excluding tert-OH is 1. The molecule has 3 aromatic rings. The standard InChI is InChI=1S/C16H16N2OS/c1-11(19)13-8-6-12(7-9-13)10-17-16-18-14-4-2-3-5-15(14)20-16/h2-9,11,19H,10H2,1H3,(H,17,18). The lowest BCUT2D eigenvalue weighted by Crippen LogP contribution is -1.99. The number of para-hydroxylation sites is 1. The Balaban J connectivity index is 1.69. The zero-order valence-corrected chi connectivity index (χ0v) is 12.0. The van der Waals surface area contributed by atoms with E-state index in [1.165, 1.54) is 10.3 Å². The maximum atomic E-state index is 9.48. The van der Waals surface area contributed by atoms with E-state index in [2.05, 4.69) is 16.4 Å². The minimum Gasteiger partial charge on any atom is -0.389 e. The van der Waals surface area contributed by atoms with Crippen molar-refractivity contribution in [2.75, 3.05) is 5.32 Å². The molecule has 1 unspecified atom stereocenters. The Hall–Kier alpha value is -1.91. The van der Waals surface area contributed by atoms with E-state index in [0.717, 1.165) is 22.8 Å². The fourth-order valence-electron chi connectivity index (χ4n) is 2.04. The van der Waals surface area contributed by atoms with Gasteiger partial charge in [-0.05, 0) is 30.2 Å². The summed E-state index contributed by atoms with van der Waals surface area (Å²) in [6.45, 7) is 2.51. The smallest absolute Gasteiger partial charge is 0.184 e. The monoisotopic (exact) mass is 284 g/mol. The number of rotatable bonds is 4. The third-order valence-electron chi connectivity index (χ3n) is 3.20. The Labute approximate surface area is 121 Å². The summed E-state index contributed by atoms with van der Waals surface area (Å²) in [5.74, 6) is 0. The first-order valence-corrected chi connectivity index (χ1v) is 7.40. The molecule has 20 heavy (non-hydrogen) atoms. The molecule has 2 aromatic carbocycles. The highest BCUT2D eigenvalue weighted by atomic mass is 32.1. The fourth-order valence-corrected chi connectivity index (χ4v) is 2.90. The van der Waals surface area contributed by atoms with Crippen LogP contribution in [-0.2, 0) is 6.54 Å². The van der Waals surface area contributed by atoms with Gasteiger partial charge >= 0.3 is 0 Å². The molecule has 0 aliphatic heterocycles. The molecule has 0 spiro atoms. The van der Waals surface area contributed by atoms with Crippen LogP contribution in [0.2, 0.25) is 0 Å². The molecule has 0 amide bonds. The minimum absolute atomic E-state index is 0.415. The topological polar surface area (TPSA) is 45.1 Å². The lowest BCUT2D eigenvalue weighted by atomic mass is 10.1. The van der Waals surface area contributed by atoms with Crippen molar-refractivity contribution < 1.29 is 5.11 Å². The normalized spacial score (nSPS) is 12.5. The van der Waals surface area contributed by atoms with Crippen molar-refractivity contribution in [2.24, 2.45) is 0 Å². The zero-order valence-electron chi connectivity index (χ0n) is 11.2. The van der Waals surface area contributed by atoms with Gasteiger partial charge in [0.2, 0.25) is 0 Å². The average molecular weight is 284 g/mol. The number of aliphatic hydroxyl groups is 1. The lowest BCUT2D eigenvalue weighted by molar-refractivity contribution is 0.199. The van der Waals surface area contributed by atoms with E-state index < -0.39 is 6.10 Å². The van der Waals surface area contributed by atoms with Crippen molar-refractivity contribution in [3.05, 3.63) is 59.7 Å². The van der Waals surface area contributed by atoms with Crippen molar-refractivity contribution in [1.29, 1.82) is 0 Å². The predicted octanol–water partition coefficient (Wildman–Crippen LogP) is 3.96. The van der Waals surface area contributed by atoms with Crippen LogP contribution in [0.1, 0.15) is 24.2 Å². The molecule has 1 aromatic heterocycles. The second-order valence-corrected chi connectivity index (χ2v) is 5.79. The second kappa shape index (κ2) is 5.61. The van der Waals surface area contributed by atoms with Crippen LogP contribution < -0.4 is 5.32 Å². The highest BCUT2D eigenvalue weighted by molar-refractivity contribution is 7.22. The van der Waals surface area contributed by atoms with E-state index in [-0.39, 0.29) is 0 Å². The Kier molecular flexibility index (Phi) is 3.67. The number of nitrogens with one attached hydrogen (secondary N) is 1. The molecular formula is C16H16N2OS. The molecule has 0 aliphatic carbocycles. The second-order valence-electron chi connectivity index (χ2n) is 4.76. The first-order chi connectivity index (χ1) is 9.72. The van der Waals surface area contributed by atoms with Crippen LogP contribution in [0.15, 0.2) is 48.5 Å². The third kappa shape index (κ3) is 2.81. The van der Waals surface area contributed by atoms with Gasteiger partial charge in [-0.15, -0.1) is 0 Å². The summed E-state index contributed by atoms with van der Waals surface area (Å²) in [6, 6.07) is 16.1. The summed E-state index contributed by atoms with van der Waals surface area (Å²) < 4.78 is 1.19. The maximum Gasteiger partial charge on any atom is 0.184 e. The quantitative estimate of drug-likeness (QED) is 0.762. The van der Waals surface area contributed by atoms with Gasteiger partial charge in [0, 0.05) is 6.54 Å². The number of anilines is 1. The first kappa shape index (κ1) is 13.1. The summed E-state index contributed by atoms with van der Waals surface area (Å²) >= 11 is 1.66. The van der Waals surface area contributed by atoms with Gasteiger partial charge in [-0.25, -0.2) is 4.98 Å². The number of benzene rings is 2. The van der Waals surface area contributed by atoms with Crippen molar-refractivity contribution in [2.45, 2.75) is 19.6 Å². The van der Waals surface area contributed by atoms with Crippen LogP contribution in [0, 0.1) is 0 Å². The van der Waals surface area contributed by atoms with Gasteiger partial charge in [0.1, 0.15) is 0 Å². The van der Waals surface area contributed by atoms with E-state index in [9.17, 15) is 5.11 Å². The van der Waals surface area contributed by atoms with Gasteiger partial charge in [-0.2, -0.15) is 0 Å². The molecule has 0 saturated heterocycles. The number of nitrogens with zero attached hydrogens (tertiary/aromatic N) is 1. The molecule has 3 nitrogen and oxygen atoms in total. The number of thiazole rings is 1. The van der Waals surface area contributed by atoms with E-state index in [4.69, 9.17) is 0 Å². The van der Waals surface area contributed by atoms with Crippen LogP contribution in [0.3, 0.4) is 0 Å². The lowest BCUT2D eigenvalue weighted by Gasteiger charge is -2.06. The van der Waals surface area contributed by atoms with Gasteiger partial charge < -0.3 is 10.4 Å².